The van der Waals surface area contributed by atoms with E-state index in [-0.39, 0.29) is 16.3 Å². The second-order valence-electron chi connectivity index (χ2n) is 6.49. The van der Waals surface area contributed by atoms with Gasteiger partial charge in [0.05, 0.1) is 30.9 Å². The normalized spacial score (nSPS) is 11.6. The van der Waals surface area contributed by atoms with Crippen molar-refractivity contribution in [2.24, 2.45) is 7.05 Å². The van der Waals surface area contributed by atoms with Gasteiger partial charge in [-0.05, 0) is 28.1 Å². The summed E-state index contributed by atoms with van der Waals surface area (Å²) in [4.78, 5) is 8.59. The topological polar surface area (TPSA) is 115 Å². The lowest BCUT2D eigenvalue weighted by Crippen LogP contribution is -2.13. The number of nitrogens with zero attached hydrogens (tertiary/aromatic N) is 5. The van der Waals surface area contributed by atoms with Crippen molar-refractivity contribution >= 4 is 43.1 Å². The van der Waals surface area contributed by atoms with Gasteiger partial charge in [-0.1, -0.05) is 0 Å². The molecule has 10 nitrogen and oxygen atoms in total. The van der Waals surface area contributed by atoms with Crippen LogP contribution in [0.5, 0.6) is 5.75 Å². The number of benzene rings is 1. The molecule has 0 fully saturated rings. The van der Waals surface area contributed by atoms with Gasteiger partial charge in [0.25, 0.3) is 10.0 Å². The molecule has 3 heterocycles. The maximum atomic E-state index is 14.9. The van der Waals surface area contributed by atoms with E-state index in [1.54, 1.807) is 30.9 Å². The van der Waals surface area contributed by atoms with Gasteiger partial charge in [0.1, 0.15) is 9.50 Å². The lowest BCUT2D eigenvalue weighted by atomic mass is 10.1. The van der Waals surface area contributed by atoms with Crippen molar-refractivity contribution in [3.63, 3.8) is 0 Å². The van der Waals surface area contributed by atoms with E-state index in [9.17, 15) is 12.8 Å². The third kappa shape index (κ3) is 3.81. The molecule has 0 amide bonds. The molecular formula is C18H17BrFN7O3S. The molecule has 1 aromatic carbocycles. The summed E-state index contributed by atoms with van der Waals surface area (Å²) in [6, 6.07) is 2.73. The summed E-state index contributed by atoms with van der Waals surface area (Å²) in [5.41, 5.74) is 1.38. The monoisotopic (exact) mass is 509 g/mol. The lowest BCUT2D eigenvalue weighted by Gasteiger charge is -2.14. The van der Waals surface area contributed by atoms with Crippen LogP contribution in [0.15, 0.2) is 46.4 Å². The number of fused-ring (bicyclic) bond motifs is 1. The van der Waals surface area contributed by atoms with Crippen LogP contribution in [-0.4, -0.2) is 46.7 Å². The van der Waals surface area contributed by atoms with Crippen LogP contribution < -0.4 is 14.8 Å². The van der Waals surface area contributed by atoms with Crippen molar-refractivity contribution < 1.29 is 17.5 Å². The summed E-state index contributed by atoms with van der Waals surface area (Å²) in [5.74, 6) is -0.447. The lowest BCUT2D eigenvalue weighted by molar-refractivity contribution is 0.389. The maximum absolute atomic E-state index is 14.9. The molecule has 3 aromatic heterocycles. The fraction of sp³-hybridized carbons (Fsp3) is 0.167. The second kappa shape index (κ2) is 7.81. The standard InChI is InChI=1S/C18H17BrFN7O3S/c1-21-17-18-22-7-14(27(18)9-15(19)24-17)10-4-12(20)16(30-3)13(5-10)25-31(28,29)11-6-23-26(2)8-11/h4-9,25H,1-3H3,(H,21,24). The first kappa shape index (κ1) is 21.1. The van der Waals surface area contributed by atoms with Crippen LogP contribution in [0, 0.1) is 5.82 Å². The largest absolute Gasteiger partial charge is 0.492 e. The quantitative estimate of drug-likeness (QED) is 0.410. The number of aromatic nitrogens is 5. The Labute approximate surface area is 185 Å². The van der Waals surface area contributed by atoms with Gasteiger partial charge in [-0.25, -0.2) is 22.8 Å². The van der Waals surface area contributed by atoms with Crippen LogP contribution >= 0.6 is 15.9 Å². The number of ether oxygens (including phenoxy) is 1. The van der Waals surface area contributed by atoms with E-state index in [1.807, 2.05) is 0 Å². The summed E-state index contributed by atoms with van der Waals surface area (Å²) in [6.07, 6.45) is 5.76. The van der Waals surface area contributed by atoms with Crippen LogP contribution in [-0.2, 0) is 17.1 Å². The first-order chi connectivity index (χ1) is 14.7. The van der Waals surface area contributed by atoms with Crippen molar-refractivity contribution in [2.45, 2.75) is 4.90 Å². The van der Waals surface area contributed by atoms with E-state index < -0.39 is 15.8 Å². The Hall–Kier alpha value is -3.19. The first-order valence-corrected chi connectivity index (χ1v) is 11.1. The van der Waals surface area contributed by atoms with E-state index in [1.165, 1.54) is 36.3 Å². The molecule has 0 atom stereocenters. The number of aryl methyl sites for hydroxylation is 1. The minimum Gasteiger partial charge on any atom is -0.492 e. The molecule has 0 aliphatic heterocycles. The zero-order chi connectivity index (χ0) is 22.3. The average Bonchev–Trinajstić information content (AvgIpc) is 3.33. The predicted octanol–water partition coefficient (Wildman–Crippen LogP) is 2.88. The molecule has 0 spiro atoms. The maximum Gasteiger partial charge on any atom is 0.265 e. The van der Waals surface area contributed by atoms with Gasteiger partial charge in [0.15, 0.2) is 23.0 Å². The number of halogens is 2. The summed E-state index contributed by atoms with van der Waals surface area (Å²) in [5, 5.41) is 6.82. The number of nitrogens with one attached hydrogen (secondary N) is 2. The summed E-state index contributed by atoms with van der Waals surface area (Å²) in [6.45, 7) is 0. The zero-order valence-corrected chi connectivity index (χ0v) is 19.0. The summed E-state index contributed by atoms with van der Waals surface area (Å²) >= 11 is 3.34. The number of hydrogen-bond acceptors (Lipinski definition) is 7. The van der Waals surface area contributed by atoms with E-state index >= 15 is 0 Å². The highest BCUT2D eigenvalue weighted by molar-refractivity contribution is 9.10. The van der Waals surface area contributed by atoms with Crippen LogP contribution in [0.3, 0.4) is 0 Å². The first-order valence-electron chi connectivity index (χ1n) is 8.84. The van der Waals surface area contributed by atoms with Crippen LogP contribution in [0.4, 0.5) is 15.9 Å². The third-order valence-corrected chi connectivity index (χ3v) is 6.18. The Morgan fingerprint density at radius 1 is 1.23 bits per heavy atom. The van der Waals surface area contributed by atoms with Crippen molar-refractivity contribution in [3.8, 4) is 17.0 Å². The average molecular weight is 510 g/mol. The molecule has 0 bridgehead atoms. The van der Waals surface area contributed by atoms with Gasteiger partial charge in [0, 0.05) is 32.1 Å². The van der Waals surface area contributed by atoms with Crippen LogP contribution in [0.2, 0.25) is 0 Å². The molecule has 13 heteroatoms. The molecule has 0 unspecified atom stereocenters. The smallest absolute Gasteiger partial charge is 0.265 e. The molecule has 0 saturated carbocycles. The molecule has 31 heavy (non-hydrogen) atoms. The molecule has 0 aliphatic rings. The molecular weight excluding hydrogens is 493 g/mol. The van der Waals surface area contributed by atoms with Crippen LogP contribution in [0.1, 0.15) is 0 Å². The van der Waals surface area contributed by atoms with E-state index in [4.69, 9.17) is 4.74 Å². The Balaban J connectivity index is 1.86. The van der Waals surface area contributed by atoms with E-state index in [0.29, 0.717) is 27.3 Å². The molecule has 162 valence electrons. The van der Waals surface area contributed by atoms with Crippen molar-refractivity contribution in [1.82, 2.24) is 24.1 Å². The SMILES string of the molecule is CNc1nc(Br)cn2c(-c3cc(F)c(OC)c(NS(=O)(=O)c4cnn(C)c4)c3)cnc12. The molecule has 4 aromatic rings. The Morgan fingerprint density at radius 2 is 2.00 bits per heavy atom. The van der Waals surface area contributed by atoms with Crippen molar-refractivity contribution in [1.29, 1.82) is 0 Å². The van der Waals surface area contributed by atoms with E-state index in [0.717, 1.165) is 0 Å². The second-order valence-corrected chi connectivity index (χ2v) is 8.99. The highest BCUT2D eigenvalue weighted by atomic mass is 79.9. The number of imidazole rings is 1. The van der Waals surface area contributed by atoms with Crippen LogP contribution in [0.25, 0.3) is 16.9 Å². The minimum absolute atomic E-state index is 0.0572. The third-order valence-electron chi connectivity index (χ3n) is 4.48. The van der Waals surface area contributed by atoms with Gasteiger partial charge in [-0.3, -0.25) is 13.8 Å². The van der Waals surface area contributed by atoms with Crippen molar-refractivity contribution in [2.75, 3.05) is 24.2 Å². The number of methoxy groups -OCH3 is 1. The molecule has 4 rings (SSSR count). The number of sulfonamides is 1. The van der Waals surface area contributed by atoms with Gasteiger partial charge in [-0.15, -0.1) is 0 Å². The van der Waals surface area contributed by atoms with Gasteiger partial charge in [0.2, 0.25) is 0 Å². The number of rotatable bonds is 6. The number of anilines is 2. The minimum atomic E-state index is -4.02. The highest BCUT2D eigenvalue weighted by Gasteiger charge is 2.22. The predicted molar refractivity (Wildman–Crippen MR) is 116 cm³/mol. The fourth-order valence-electron chi connectivity index (χ4n) is 3.11. The van der Waals surface area contributed by atoms with Gasteiger partial charge >= 0.3 is 0 Å². The molecule has 0 aliphatic carbocycles. The molecule has 2 N–H and O–H groups in total. The van der Waals surface area contributed by atoms with Gasteiger partial charge < -0.3 is 10.1 Å². The number of hydrogen-bond donors (Lipinski definition) is 2. The zero-order valence-electron chi connectivity index (χ0n) is 16.6. The van der Waals surface area contributed by atoms with E-state index in [2.05, 4.69) is 41.0 Å². The summed E-state index contributed by atoms with van der Waals surface area (Å²) in [7, 11) is 0.547. The Morgan fingerprint density at radius 3 is 2.65 bits per heavy atom. The van der Waals surface area contributed by atoms with Gasteiger partial charge in [-0.2, -0.15) is 5.10 Å². The Kier molecular flexibility index (Phi) is 5.31. The Bertz CT molecular complexity index is 1400. The molecule has 0 radical (unpaired) electrons. The molecule has 0 saturated heterocycles. The van der Waals surface area contributed by atoms with Crippen molar-refractivity contribution in [3.05, 3.63) is 47.3 Å². The highest BCUT2D eigenvalue weighted by Crippen LogP contribution is 2.36. The fourth-order valence-corrected chi connectivity index (χ4v) is 4.52. The summed E-state index contributed by atoms with van der Waals surface area (Å²) < 4.78 is 51.5.